The van der Waals surface area contributed by atoms with Crippen molar-refractivity contribution in [2.24, 2.45) is 5.92 Å². The molecule has 2 aromatic carbocycles. The number of alkyl halides is 3. The lowest BCUT2D eigenvalue weighted by atomic mass is 9.72. The van der Waals surface area contributed by atoms with Gasteiger partial charge in [0, 0.05) is 0 Å². The molecule has 1 aliphatic heterocycles. The first-order valence-corrected chi connectivity index (χ1v) is 10.4. The lowest BCUT2D eigenvalue weighted by Gasteiger charge is -2.36. The topological polar surface area (TPSA) is 46.2 Å². The van der Waals surface area contributed by atoms with Gasteiger partial charge in [-0.25, -0.2) is 8.78 Å². The quantitative estimate of drug-likeness (QED) is 0.483. The molecule has 1 saturated carbocycles. The highest BCUT2D eigenvalue weighted by atomic mass is 19.4. The smallest absolute Gasteiger partial charge is 0.343 e. The van der Waals surface area contributed by atoms with Gasteiger partial charge in [-0.15, -0.1) is 0 Å². The lowest BCUT2D eigenvalue weighted by Crippen LogP contribution is -2.50. The summed E-state index contributed by atoms with van der Waals surface area (Å²) in [6.45, 7) is 3.44. The van der Waals surface area contributed by atoms with Gasteiger partial charge in [-0.2, -0.15) is 13.2 Å². The van der Waals surface area contributed by atoms with Crippen molar-refractivity contribution in [1.82, 2.24) is 5.32 Å². The predicted octanol–water partition coefficient (Wildman–Crippen LogP) is 5.52. The van der Waals surface area contributed by atoms with Crippen molar-refractivity contribution in [3.8, 4) is 11.1 Å². The van der Waals surface area contributed by atoms with Crippen LogP contribution in [0, 0.1) is 31.4 Å². The van der Waals surface area contributed by atoms with E-state index >= 15 is 0 Å². The van der Waals surface area contributed by atoms with Gasteiger partial charge in [-0.3, -0.25) is 9.59 Å². The average Bonchev–Trinajstić information content (AvgIpc) is 2.94. The number of aryl methyl sites for hydroxylation is 1. The molecule has 2 aliphatic rings. The maximum atomic E-state index is 13.8. The number of carbonyl (C=O) groups excluding carboxylic acids is 2. The number of ketones is 1. The summed E-state index contributed by atoms with van der Waals surface area (Å²) in [6.07, 6.45) is -4.86. The van der Waals surface area contributed by atoms with Gasteiger partial charge in [-0.05, 0) is 79.5 Å². The third kappa shape index (κ3) is 3.59. The highest BCUT2D eigenvalue weighted by Crippen LogP contribution is 2.46. The van der Waals surface area contributed by atoms with Crippen molar-refractivity contribution in [2.45, 2.75) is 57.2 Å². The fourth-order valence-electron chi connectivity index (χ4n) is 5.12. The Morgan fingerprint density at radius 1 is 0.969 bits per heavy atom. The molecule has 1 atom stereocenters. The molecule has 32 heavy (non-hydrogen) atoms. The molecule has 1 amide bonds. The number of Topliss-reactive ketones (excluding diaryl/α,β-unsaturated/α-hetero) is 1. The second-order valence-electron chi connectivity index (χ2n) is 8.78. The van der Waals surface area contributed by atoms with E-state index in [9.17, 15) is 31.5 Å². The van der Waals surface area contributed by atoms with Crippen LogP contribution in [0.1, 0.15) is 48.3 Å². The van der Waals surface area contributed by atoms with Gasteiger partial charge < -0.3 is 5.32 Å². The van der Waals surface area contributed by atoms with Crippen LogP contribution in [0.4, 0.5) is 22.0 Å². The van der Waals surface area contributed by atoms with Gasteiger partial charge in [0.15, 0.2) is 17.4 Å². The molecular formula is C24H22F5NO2. The number of halogens is 5. The zero-order chi connectivity index (χ0) is 23.4. The summed E-state index contributed by atoms with van der Waals surface area (Å²) in [5.74, 6) is -5.58. The normalized spacial score (nSPS) is 26.0. The van der Waals surface area contributed by atoms with Crippen LogP contribution in [0.25, 0.3) is 11.1 Å². The highest BCUT2D eigenvalue weighted by Gasteiger charge is 2.56. The number of rotatable bonds is 2. The third-order valence-electron chi connectivity index (χ3n) is 6.91. The number of benzene rings is 2. The Kier molecular flexibility index (Phi) is 5.38. The number of carbonyl (C=O) groups is 2. The van der Waals surface area contributed by atoms with Crippen molar-refractivity contribution >= 4 is 11.7 Å². The van der Waals surface area contributed by atoms with Crippen LogP contribution >= 0.6 is 0 Å². The van der Waals surface area contributed by atoms with Gasteiger partial charge in [0.2, 0.25) is 5.91 Å². The Labute approximate surface area is 182 Å². The molecule has 1 saturated heterocycles. The minimum atomic E-state index is -4.32. The number of hydrogen-bond acceptors (Lipinski definition) is 2. The fourth-order valence-corrected chi connectivity index (χ4v) is 5.12. The Balaban J connectivity index is 1.70. The Bertz CT molecular complexity index is 1100. The molecule has 1 N–H and O–H groups in total. The van der Waals surface area contributed by atoms with Crippen molar-refractivity contribution in [1.29, 1.82) is 0 Å². The molecule has 2 fully saturated rings. The van der Waals surface area contributed by atoms with Crippen molar-refractivity contribution < 1.29 is 31.5 Å². The van der Waals surface area contributed by atoms with E-state index in [1.165, 1.54) is 6.07 Å². The van der Waals surface area contributed by atoms with Gasteiger partial charge in [0.1, 0.15) is 5.92 Å². The first-order chi connectivity index (χ1) is 14.9. The van der Waals surface area contributed by atoms with Gasteiger partial charge in [-0.1, -0.05) is 18.2 Å². The van der Waals surface area contributed by atoms with E-state index in [1.807, 2.05) is 0 Å². The lowest BCUT2D eigenvalue weighted by molar-refractivity contribution is -0.185. The van der Waals surface area contributed by atoms with Crippen LogP contribution in [0.2, 0.25) is 0 Å². The summed E-state index contributed by atoms with van der Waals surface area (Å²) in [5, 5.41) is 2.70. The Morgan fingerprint density at radius 2 is 1.62 bits per heavy atom. The molecule has 0 bridgehead atoms. The average molecular weight is 451 g/mol. The highest BCUT2D eigenvalue weighted by molar-refractivity contribution is 6.17. The summed E-state index contributed by atoms with van der Waals surface area (Å²) < 4.78 is 66.4. The minimum Gasteiger partial charge on any atom is -0.343 e. The number of nitrogens with one attached hydrogen (secondary N) is 1. The van der Waals surface area contributed by atoms with Crippen LogP contribution in [0.3, 0.4) is 0 Å². The fraction of sp³-hybridized carbons (Fsp3) is 0.417. The first-order valence-electron chi connectivity index (χ1n) is 10.4. The summed E-state index contributed by atoms with van der Waals surface area (Å²) in [5.41, 5.74) is 1.36. The molecule has 1 heterocycles. The maximum absolute atomic E-state index is 13.8. The standard InChI is InChI=1S/C24H22F5NO2/c1-12-3-5-16(14-4-6-17(25)18(26)11-14)13(2)19(12)20-21(31)23(30-22(20)32)9-7-15(8-10-23)24(27,28)29/h3-6,11,15,20H,7-10H2,1-2H3,(H,30,32). The van der Waals surface area contributed by atoms with Crippen molar-refractivity contribution in [2.75, 3.05) is 0 Å². The van der Waals surface area contributed by atoms with E-state index in [1.54, 1.807) is 26.0 Å². The van der Waals surface area contributed by atoms with E-state index in [0.717, 1.165) is 12.1 Å². The van der Waals surface area contributed by atoms with E-state index in [-0.39, 0.29) is 25.7 Å². The van der Waals surface area contributed by atoms with Crippen molar-refractivity contribution in [3.63, 3.8) is 0 Å². The molecule has 8 heteroatoms. The zero-order valence-corrected chi connectivity index (χ0v) is 17.6. The molecule has 3 nitrogen and oxygen atoms in total. The zero-order valence-electron chi connectivity index (χ0n) is 17.6. The van der Waals surface area contributed by atoms with Crippen LogP contribution in [0.5, 0.6) is 0 Å². The molecule has 0 aromatic heterocycles. The van der Waals surface area contributed by atoms with Gasteiger partial charge in [0.25, 0.3) is 0 Å². The molecule has 0 radical (unpaired) electrons. The number of amides is 1. The molecule has 170 valence electrons. The van der Waals surface area contributed by atoms with E-state index < -0.39 is 46.9 Å². The molecule has 1 spiro atoms. The molecule has 1 unspecified atom stereocenters. The van der Waals surface area contributed by atoms with E-state index in [2.05, 4.69) is 5.32 Å². The van der Waals surface area contributed by atoms with Crippen LogP contribution < -0.4 is 5.32 Å². The summed E-state index contributed by atoms with van der Waals surface area (Å²) in [7, 11) is 0. The van der Waals surface area contributed by atoms with Gasteiger partial charge >= 0.3 is 6.18 Å². The SMILES string of the molecule is Cc1ccc(-c2ccc(F)c(F)c2)c(C)c1C1C(=O)NC2(CCC(C(F)(F)F)CC2)C1=O. The first kappa shape index (κ1) is 22.4. The van der Waals surface area contributed by atoms with E-state index in [4.69, 9.17) is 0 Å². The van der Waals surface area contributed by atoms with Crippen LogP contribution in [0.15, 0.2) is 30.3 Å². The van der Waals surface area contributed by atoms with Crippen molar-refractivity contribution in [3.05, 3.63) is 58.7 Å². The number of hydrogen-bond donors (Lipinski definition) is 1. The van der Waals surface area contributed by atoms with Crippen LogP contribution in [-0.4, -0.2) is 23.4 Å². The third-order valence-corrected chi connectivity index (χ3v) is 6.91. The Hall–Kier alpha value is -2.77. The van der Waals surface area contributed by atoms with E-state index in [0.29, 0.717) is 27.8 Å². The second kappa shape index (κ2) is 7.67. The van der Waals surface area contributed by atoms with Crippen LogP contribution in [-0.2, 0) is 9.59 Å². The second-order valence-corrected chi connectivity index (χ2v) is 8.78. The largest absolute Gasteiger partial charge is 0.391 e. The van der Waals surface area contributed by atoms with Gasteiger partial charge in [0.05, 0.1) is 11.5 Å². The maximum Gasteiger partial charge on any atom is 0.391 e. The molecular weight excluding hydrogens is 429 g/mol. The molecule has 2 aromatic rings. The molecule has 1 aliphatic carbocycles. The Morgan fingerprint density at radius 3 is 2.22 bits per heavy atom. The summed E-state index contributed by atoms with van der Waals surface area (Å²) >= 11 is 0. The predicted molar refractivity (Wildman–Crippen MR) is 108 cm³/mol. The minimum absolute atomic E-state index is 0.0563. The summed E-state index contributed by atoms with van der Waals surface area (Å²) in [6, 6.07) is 6.88. The molecule has 4 rings (SSSR count). The summed E-state index contributed by atoms with van der Waals surface area (Å²) in [4.78, 5) is 26.4. The monoisotopic (exact) mass is 451 g/mol.